The quantitative estimate of drug-likeness (QED) is 0.834. The van der Waals surface area contributed by atoms with Gasteiger partial charge < -0.3 is 4.52 Å². The van der Waals surface area contributed by atoms with E-state index in [0.29, 0.717) is 13.0 Å². The van der Waals surface area contributed by atoms with Gasteiger partial charge in [0.1, 0.15) is 5.76 Å². The molecule has 0 aliphatic carbocycles. The van der Waals surface area contributed by atoms with E-state index in [1.807, 2.05) is 20.8 Å². The van der Waals surface area contributed by atoms with Gasteiger partial charge in [-0.05, 0) is 26.2 Å². The van der Waals surface area contributed by atoms with Crippen molar-refractivity contribution in [1.29, 1.82) is 0 Å². The van der Waals surface area contributed by atoms with E-state index in [9.17, 15) is 8.42 Å². The van der Waals surface area contributed by atoms with Crippen LogP contribution in [-0.2, 0) is 16.4 Å². The number of nitrogens with zero attached hydrogens (tertiary/aromatic N) is 2. The highest BCUT2D eigenvalue weighted by atomic mass is 32.2. The normalized spacial score (nSPS) is 21.1. The highest BCUT2D eigenvalue weighted by molar-refractivity contribution is 7.89. The molecule has 1 aromatic rings. The molecule has 5 nitrogen and oxygen atoms in total. The summed E-state index contributed by atoms with van der Waals surface area (Å²) >= 11 is 0. The maximum atomic E-state index is 12.3. The molecule has 0 spiro atoms. The minimum atomic E-state index is -3.16. The maximum absolute atomic E-state index is 12.3. The van der Waals surface area contributed by atoms with Gasteiger partial charge in [-0.25, -0.2) is 8.42 Å². The summed E-state index contributed by atoms with van der Waals surface area (Å²) in [5.41, 5.74) is 1.81. The number of aromatic nitrogens is 1. The lowest BCUT2D eigenvalue weighted by Gasteiger charge is -2.24. The summed E-state index contributed by atoms with van der Waals surface area (Å²) in [6.07, 6.45) is 3.16. The molecule has 1 saturated heterocycles. The lowest BCUT2D eigenvalue weighted by atomic mass is 10.0. The largest absolute Gasteiger partial charge is 0.361 e. The first-order valence-electron chi connectivity index (χ1n) is 6.95. The van der Waals surface area contributed by atoms with E-state index in [1.54, 1.807) is 4.31 Å². The number of sulfonamides is 1. The number of hydrogen-bond acceptors (Lipinski definition) is 4. The molecule has 0 amide bonds. The van der Waals surface area contributed by atoms with Gasteiger partial charge >= 0.3 is 0 Å². The summed E-state index contributed by atoms with van der Waals surface area (Å²) in [4.78, 5) is 0. The second kappa shape index (κ2) is 5.63. The van der Waals surface area contributed by atoms with E-state index in [2.05, 4.69) is 5.16 Å². The molecule has 1 atom stereocenters. The summed E-state index contributed by atoms with van der Waals surface area (Å²) in [5.74, 6) is 1.04. The summed E-state index contributed by atoms with van der Waals surface area (Å²) < 4.78 is 31.6. The number of hydrogen-bond donors (Lipinski definition) is 0. The third kappa shape index (κ3) is 2.69. The molecule has 0 radical (unpaired) electrons. The lowest BCUT2D eigenvalue weighted by molar-refractivity contribution is 0.368. The van der Waals surface area contributed by atoms with Crippen molar-refractivity contribution in [2.45, 2.75) is 52.5 Å². The first-order chi connectivity index (χ1) is 9.01. The summed E-state index contributed by atoms with van der Waals surface area (Å²) in [6.45, 7) is 6.40. The Morgan fingerprint density at radius 1 is 1.42 bits per heavy atom. The summed E-state index contributed by atoms with van der Waals surface area (Å²) in [5, 5.41) is 4.00. The Morgan fingerprint density at radius 2 is 2.16 bits per heavy atom. The predicted molar refractivity (Wildman–Crippen MR) is 73.4 cm³/mol. The van der Waals surface area contributed by atoms with Crippen LogP contribution < -0.4 is 0 Å². The summed E-state index contributed by atoms with van der Waals surface area (Å²) in [7, 11) is -3.16. The molecule has 19 heavy (non-hydrogen) atoms. The van der Waals surface area contributed by atoms with Gasteiger partial charge in [0.05, 0.1) is 17.5 Å². The zero-order chi connectivity index (χ0) is 14.0. The van der Waals surface area contributed by atoms with Crippen molar-refractivity contribution in [3.8, 4) is 0 Å². The molecule has 6 heteroatoms. The fourth-order valence-electron chi connectivity index (χ4n) is 2.84. The van der Waals surface area contributed by atoms with Crippen LogP contribution in [0.2, 0.25) is 0 Å². The highest BCUT2D eigenvalue weighted by Crippen LogP contribution is 2.37. The SMILES string of the molecule is CCCS(=O)(=O)N1CCC[C@@H]1c1c(C)noc1CC. The standard InChI is InChI=1S/C13H22N2O3S/c1-4-9-19(16,17)15-8-6-7-11(15)13-10(3)14-18-12(13)5-2/h11H,4-9H2,1-3H3/t11-/m1/s1. The van der Waals surface area contributed by atoms with Gasteiger partial charge in [-0.1, -0.05) is 19.0 Å². The molecular weight excluding hydrogens is 264 g/mol. The molecule has 1 fully saturated rings. The van der Waals surface area contributed by atoms with Gasteiger partial charge in [0, 0.05) is 18.5 Å². The topological polar surface area (TPSA) is 63.4 Å². The Bertz CT molecular complexity index is 536. The number of rotatable bonds is 5. The fourth-order valence-corrected chi connectivity index (χ4v) is 4.60. The van der Waals surface area contributed by atoms with Crippen LogP contribution in [0, 0.1) is 6.92 Å². The first kappa shape index (κ1) is 14.5. The minimum absolute atomic E-state index is 0.0854. The van der Waals surface area contributed by atoms with Crippen molar-refractivity contribution in [3.63, 3.8) is 0 Å². The van der Waals surface area contributed by atoms with E-state index in [1.165, 1.54) is 0 Å². The van der Waals surface area contributed by atoms with Crippen molar-refractivity contribution in [2.24, 2.45) is 0 Å². The molecule has 0 unspecified atom stereocenters. The Kier molecular flexibility index (Phi) is 4.30. The highest BCUT2D eigenvalue weighted by Gasteiger charge is 2.37. The Morgan fingerprint density at radius 3 is 2.79 bits per heavy atom. The average molecular weight is 286 g/mol. The van der Waals surface area contributed by atoms with E-state index >= 15 is 0 Å². The van der Waals surface area contributed by atoms with Crippen LogP contribution in [0.25, 0.3) is 0 Å². The Hall–Kier alpha value is -0.880. The van der Waals surface area contributed by atoms with Crippen molar-refractivity contribution < 1.29 is 12.9 Å². The molecule has 0 bridgehead atoms. The van der Waals surface area contributed by atoms with Crippen LogP contribution in [0.1, 0.15) is 56.2 Å². The molecule has 1 aromatic heterocycles. The van der Waals surface area contributed by atoms with Gasteiger partial charge in [0.2, 0.25) is 10.0 Å². The molecule has 1 aliphatic rings. The maximum Gasteiger partial charge on any atom is 0.214 e. The Labute approximate surface area is 115 Å². The molecule has 0 aromatic carbocycles. The van der Waals surface area contributed by atoms with Crippen molar-refractivity contribution in [3.05, 3.63) is 17.0 Å². The molecule has 1 aliphatic heterocycles. The molecular formula is C13H22N2O3S. The fraction of sp³-hybridized carbons (Fsp3) is 0.769. The van der Waals surface area contributed by atoms with Crippen molar-refractivity contribution in [1.82, 2.24) is 9.46 Å². The minimum Gasteiger partial charge on any atom is -0.361 e. The summed E-state index contributed by atoms with van der Waals surface area (Å²) in [6, 6.07) is -0.0854. The third-order valence-electron chi connectivity index (χ3n) is 3.66. The van der Waals surface area contributed by atoms with E-state index in [0.717, 1.165) is 36.3 Å². The van der Waals surface area contributed by atoms with Gasteiger partial charge in [-0.3, -0.25) is 0 Å². The Balaban J connectivity index is 2.36. The van der Waals surface area contributed by atoms with E-state index in [4.69, 9.17) is 4.52 Å². The van der Waals surface area contributed by atoms with E-state index < -0.39 is 10.0 Å². The molecule has 0 saturated carbocycles. The molecule has 2 rings (SSSR count). The zero-order valence-electron chi connectivity index (χ0n) is 11.8. The molecule has 0 N–H and O–H groups in total. The van der Waals surface area contributed by atoms with Gasteiger partial charge in [-0.2, -0.15) is 4.31 Å². The second-order valence-electron chi connectivity index (χ2n) is 5.04. The molecule has 108 valence electrons. The van der Waals surface area contributed by atoms with Crippen LogP contribution >= 0.6 is 0 Å². The smallest absolute Gasteiger partial charge is 0.214 e. The van der Waals surface area contributed by atoms with Crippen LogP contribution in [0.15, 0.2) is 4.52 Å². The van der Waals surface area contributed by atoms with Crippen molar-refractivity contribution >= 4 is 10.0 Å². The lowest BCUT2D eigenvalue weighted by Crippen LogP contribution is -2.33. The molecule has 2 heterocycles. The average Bonchev–Trinajstić information content (AvgIpc) is 2.94. The van der Waals surface area contributed by atoms with Crippen LogP contribution in [0.4, 0.5) is 0 Å². The van der Waals surface area contributed by atoms with Gasteiger partial charge in [0.25, 0.3) is 0 Å². The predicted octanol–water partition coefficient (Wildman–Crippen LogP) is 2.42. The van der Waals surface area contributed by atoms with Crippen LogP contribution in [0.3, 0.4) is 0 Å². The van der Waals surface area contributed by atoms with Crippen LogP contribution in [-0.4, -0.2) is 30.2 Å². The van der Waals surface area contributed by atoms with Crippen LogP contribution in [0.5, 0.6) is 0 Å². The van der Waals surface area contributed by atoms with Gasteiger partial charge in [0.15, 0.2) is 0 Å². The first-order valence-corrected chi connectivity index (χ1v) is 8.56. The number of aryl methyl sites for hydroxylation is 2. The van der Waals surface area contributed by atoms with Gasteiger partial charge in [-0.15, -0.1) is 0 Å². The zero-order valence-corrected chi connectivity index (χ0v) is 12.7. The third-order valence-corrected chi connectivity index (χ3v) is 5.74. The second-order valence-corrected chi connectivity index (χ2v) is 7.08. The monoisotopic (exact) mass is 286 g/mol. The van der Waals surface area contributed by atoms with E-state index in [-0.39, 0.29) is 11.8 Å². The van der Waals surface area contributed by atoms with Crippen molar-refractivity contribution in [2.75, 3.05) is 12.3 Å².